The molecule has 0 aliphatic carbocycles. The fraction of sp³-hybridized carbons (Fsp3) is 0.688. The van der Waals surface area contributed by atoms with Crippen molar-refractivity contribution in [2.45, 2.75) is 58.6 Å². The Balaban J connectivity index is 2.19. The molecule has 1 saturated heterocycles. The van der Waals surface area contributed by atoms with Gasteiger partial charge in [0, 0.05) is 13.0 Å². The van der Waals surface area contributed by atoms with E-state index in [0.717, 1.165) is 4.57 Å². The highest BCUT2D eigenvalue weighted by Crippen LogP contribution is 2.30. The molecule has 1 fully saturated rings. The Labute approximate surface area is 149 Å². The van der Waals surface area contributed by atoms with E-state index in [1.54, 1.807) is 0 Å². The first kappa shape index (κ1) is 18.6. The number of nitrogens with two attached hydrogens (primary N) is 1. The van der Waals surface area contributed by atoms with Crippen molar-refractivity contribution in [3.63, 3.8) is 0 Å². The second kappa shape index (κ2) is 6.53. The third-order valence-corrected chi connectivity index (χ3v) is 4.54. The summed E-state index contributed by atoms with van der Waals surface area (Å²) in [6, 6.07) is 0. The lowest BCUT2D eigenvalue weighted by atomic mass is 9.92. The van der Waals surface area contributed by atoms with Gasteiger partial charge in [0.15, 0.2) is 17.4 Å². The third-order valence-electron chi connectivity index (χ3n) is 4.54. The molecule has 10 heteroatoms. The molecule has 0 aromatic carbocycles. The number of aliphatic hydroxyl groups is 2. The quantitative estimate of drug-likeness (QED) is 0.571. The van der Waals surface area contributed by atoms with Crippen LogP contribution < -0.4 is 17.0 Å². The summed E-state index contributed by atoms with van der Waals surface area (Å²) in [5, 5.41) is 19.6. The Bertz CT molecular complexity index is 922. The summed E-state index contributed by atoms with van der Waals surface area (Å²) in [6.07, 6.45) is -1.79. The number of H-pyrrole nitrogens is 1. The number of nitrogens with one attached hydrogen (secondary N) is 1. The molecule has 0 amide bonds. The summed E-state index contributed by atoms with van der Waals surface area (Å²) in [7, 11) is 0. The molecule has 10 nitrogen and oxygen atoms in total. The number of aliphatic hydroxyl groups excluding tert-OH is 2. The van der Waals surface area contributed by atoms with Crippen molar-refractivity contribution in [3.8, 4) is 0 Å². The molecular weight excluding hydrogens is 342 g/mol. The van der Waals surface area contributed by atoms with E-state index >= 15 is 0 Å². The lowest BCUT2D eigenvalue weighted by Crippen LogP contribution is -2.32. The number of aromatic amines is 1. The summed E-state index contributed by atoms with van der Waals surface area (Å²) < 4.78 is 8.09. The van der Waals surface area contributed by atoms with Gasteiger partial charge in [-0.05, 0) is 11.8 Å². The molecule has 2 aromatic heterocycles. The van der Waals surface area contributed by atoms with Crippen molar-refractivity contribution in [1.29, 1.82) is 0 Å². The van der Waals surface area contributed by atoms with E-state index < -0.39 is 29.7 Å². The summed E-state index contributed by atoms with van der Waals surface area (Å²) in [4.78, 5) is 32.0. The Morgan fingerprint density at radius 2 is 2.08 bits per heavy atom. The van der Waals surface area contributed by atoms with Crippen LogP contribution in [0.25, 0.3) is 11.2 Å². The van der Waals surface area contributed by atoms with Gasteiger partial charge in [-0.1, -0.05) is 20.8 Å². The number of nitrogens with zero attached hydrogens (tertiary/aromatic N) is 3. The number of fused-ring (bicyclic) bond motifs is 1. The van der Waals surface area contributed by atoms with Gasteiger partial charge in [-0.3, -0.25) is 14.3 Å². The van der Waals surface area contributed by atoms with Crippen LogP contribution in [0.2, 0.25) is 0 Å². The topological polar surface area (TPSA) is 148 Å². The second-order valence-electron chi connectivity index (χ2n) is 7.87. The SMILES string of the molecule is CC(C)(C)CCn1c(=O)n(C2OC(CO)CC2O)c2nc(N)[nH]c(=O)c21. The van der Waals surface area contributed by atoms with Crippen molar-refractivity contribution >= 4 is 17.1 Å². The Morgan fingerprint density at radius 1 is 1.38 bits per heavy atom. The number of nitrogen functional groups attached to an aromatic ring is 1. The molecule has 1 aliphatic heterocycles. The molecule has 0 bridgehead atoms. The first-order valence-corrected chi connectivity index (χ1v) is 8.57. The summed E-state index contributed by atoms with van der Waals surface area (Å²) >= 11 is 0. The third kappa shape index (κ3) is 3.27. The largest absolute Gasteiger partial charge is 0.394 e. The second-order valence-corrected chi connectivity index (χ2v) is 7.87. The smallest absolute Gasteiger partial charge is 0.332 e. The van der Waals surface area contributed by atoms with Crippen LogP contribution in [0, 0.1) is 5.41 Å². The van der Waals surface area contributed by atoms with Gasteiger partial charge < -0.3 is 20.7 Å². The number of aromatic nitrogens is 4. The molecule has 3 rings (SSSR count). The molecule has 3 atom stereocenters. The molecule has 26 heavy (non-hydrogen) atoms. The molecule has 1 aliphatic rings. The van der Waals surface area contributed by atoms with Crippen LogP contribution in [0.15, 0.2) is 9.59 Å². The maximum Gasteiger partial charge on any atom is 0.332 e. The van der Waals surface area contributed by atoms with Crippen LogP contribution in [0.5, 0.6) is 0 Å². The van der Waals surface area contributed by atoms with Crippen LogP contribution in [-0.2, 0) is 11.3 Å². The van der Waals surface area contributed by atoms with Crippen molar-refractivity contribution in [2.75, 3.05) is 12.3 Å². The van der Waals surface area contributed by atoms with Crippen LogP contribution in [0.1, 0.15) is 39.8 Å². The van der Waals surface area contributed by atoms with Crippen molar-refractivity contribution in [2.24, 2.45) is 5.41 Å². The Morgan fingerprint density at radius 3 is 2.65 bits per heavy atom. The molecule has 0 radical (unpaired) electrons. The molecule has 2 aromatic rings. The van der Waals surface area contributed by atoms with Crippen LogP contribution >= 0.6 is 0 Å². The van der Waals surface area contributed by atoms with Crippen molar-refractivity contribution in [3.05, 3.63) is 20.8 Å². The fourth-order valence-corrected chi connectivity index (χ4v) is 3.16. The Kier molecular flexibility index (Phi) is 4.67. The van der Waals surface area contributed by atoms with E-state index in [1.807, 2.05) is 20.8 Å². The van der Waals surface area contributed by atoms with Gasteiger partial charge in [0.25, 0.3) is 5.56 Å². The van der Waals surface area contributed by atoms with E-state index in [2.05, 4.69) is 9.97 Å². The fourth-order valence-electron chi connectivity index (χ4n) is 3.16. The van der Waals surface area contributed by atoms with E-state index in [0.29, 0.717) is 13.0 Å². The number of aryl methyl sites for hydroxylation is 1. The minimum atomic E-state index is -1.04. The molecule has 3 heterocycles. The molecular formula is C16H25N5O5. The van der Waals surface area contributed by atoms with E-state index in [-0.39, 0.29) is 35.6 Å². The normalized spacial score (nSPS) is 23.8. The summed E-state index contributed by atoms with van der Waals surface area (Å²) in [5.41, 5.74) is 4.73. The minimum Gasteiger partial charge on any atom is -0.394 e. The van der Waals surface area contributed by atoms with Gasteiger partial charge >= 0.3 is 5.69 Å². The van der Waals surface area contributed by atoms with E-state index in [9.17, 15) is 19.8 Å². The maximum absolute atomic E-state index is 13.0. The van der Waals surface area contributed by atoms with Crippen molar-refractivity contribution < 1.29 is 14.9 Å². The first-order chi connectivity index (χ1) is 12.1. The predicted molar refractivity (Wildman–Crippen MR) is 94.7 cm³/mol. The molecule has 0 saturated carbocycles. The number of hydrogen-bond acceptors (Lipinski definition) is 7. The van der Waals surface area contributed by atoms with Gasteiger partial charge in [-0.15, -0.1) is 0 Å². The minimum absolute atomic E-state index is 0.0484. The monoisotopic (exact) mass is 367 g/mol. The highest BCUT2D eigenvalue weighted by Gasteiger charge is 2.38. The predicted octanol–water partition coefficient (Wildman–Crippen LogP) is -0.455. The van der Waals surface area contributed by atoms with E-state index in [4.69, 9.17) is 10.5 Å². The average Bonchev–Trinajstić information content (AvgIpc) is 3.01. The molecule has 3 unspecified atom stereocenters. The summed E-state index contributed by atoms with van der Waals surface area (Å²) in [6.45, 7) is 6.14. The van der Waals surface area contributed by atoms with Gasteiger partial charge in [-0.2, -0.15) is 4.98 Å². The highest BCUT2D eigenvalue weighted by atomic mass is 16.5. The van der Waals surface area contributed by atoms with Crippen LogP contribution in [0.3, 0.4) is 0 Å². The Hall–Kier alpha value is -2.17. The van der Waals surface area contributed by atoms with Crippen LogP contribution in [0.4, 0.5) is 5.95 Å². The highest BCUT2D eigenvalue weighted by molar-refractivity contribution is 5.71. The molecule has 0 spiro atoms. The zero-order valence-electron chi connectivity index (χ0n) is 15.1. The van der Waals surface area contributed by atoms with Crippen LogP contribution in [-0.4, -0.2) is 48.1 Å². The number of rotatable bonds is 4. The standard InChI is InChI=1S/C16H25N5O5/c1-16(2,3)4-5-20-10-11(18-14(17)19-12(10)24)21(15(20)25)13-9(23)6-8(7-22)26-13/h8-9,13,22-23H,4-7H2,1-3H3,(H3,17,18,19,24). The lowest BCUT2D eigenvalue weighted by Gasteiger charge is -2.18. The molecule has 144 valence electrons. The van der Waals surface area contributed by atoms with Gasteiger partial charge in [0.2, 0.25) is 5.95 Å². The zero-order chi connectivity index (χ0) is 19.2. The first-order valence-electron chi connectivity index (χ1n) is 8.57. The zero-order valence-corrected chi connectivity index (χ0v) is 15.1. The van der Waals surface area contributed by atoms with Crippen molar-refractivity contribution in [1.82, 2.24) is 19.1 Å². The summed E-state index contributed by atoms with van der Waals surface area (Å²) in [5.74, 6) is -0.129. The average molecular weight is 367 g/mol. The number of imidazole rings is 1. The number of ether oxygens (including phenoxy) is 1. The van der Waals surface area contributed by atoms with Gasteiger partial charge in [0.05, 0.1) is 12.7 Å². The number of hydrogen-bond donors (Lipinski definition) is 4. The lowest BCUT2D eigenvalue weighted by molar-refractivity contribution is -0.0506. The molecule has 5 N–H and O–H groups in total. The number of anilines is 1. The van der Waals surface area contributed by atoms with Gasteiger partial charge in [-0.25, -0.2) is 9.36 Å². The van der Waals surface area contributed by atoms with Gasteiger partial charge in [0.1, 0.15) is 6.10 Å². The van der Waals surface area contributed by atoms with E-state index in [1.165, 1.54) is 4.57 Å². The maximum atomic E-state index is 13.0.